The number of nitrogens with two attached hydrogens (primary N) is 1. The van der Waals surface area contributed by atoms with Crippen LogP contribution in [0.25, 0.3) is 0 Å². The minimum Gasteiger partial charge on any atom is -0.374 e. The molecule has 6 rings (SSSR count). The molecule has 4 bridgehead atoms. The second kappa shape index (κ2) is 3.32. The van der Waals surface area contributed by atoms with Crippen LogP contribution in [0.2, 0.25) is 0 Å². The first-order chi connectivity index (χ1) is 7.26. The molecule has 1 aromatic rings. The largest absolute Gasteiger partial charge is 0.374 e. The smallest absolute Gasteiger partial charge is 0.0720 e. The zero-order chi connectivity index (χ0) is 10.3. The molecule has 80 valence electrons. The van der Waals surface area contributed by atoms with E-state index in [0.717, 1.165) is 32.3 Å². The molecule has 0 saturated heterocycles. The van der Waals surface area contributed by atoms with Crippen LogP contribution in [0.5, 0.6) is 0 Å². The maximum absolute atomic E-state index is 6.46. The Morgan fingerprint density at radius 1 is 1.13 bits per heavy atom. The van der Waals surface area contributed by atoms with Crippen molar-refractivity contribution in [2.45, 2.75) is 43.9 Å². The first-order valence-corrected chi connectivity index (χ1v) is 5.76. The Kier molecular flexibility index (Phi) is 2.08. The van der Waals surface area contributed by atoms with Gasteiger partial charge in [-0.15, -0.1) is 0 Å². The Morgan fingerprint density at radius 2 is 1.80 bits per heavy atom. The van der Waals surface area contributed by atoms with Crippen LogP contribution in [0, 0.1) is 0 Å². The topological polar surface area (TPSA) is 35.2 Å². The summed E-state index contributed by atoms with van der Waals surface area (Å²) in [5.41, 5.74) is 8.92. The lowest BCUT2D eigenvalue weighted by Crippen LogP contribution is -2.42. The molecule has 1 aliphatic carbocycles. The lowest BCUT2D eigenvalue weighted by molar-refractivity contribution is 0.000805. The van der Waals surface area contributed by atoms with E-state index in [2.05, 4.69) is 24.3 Å². The first kappa shape index (κ1) is 9.37. The molecule has 0 spiro atoms. The molecule has 4 heterocycles. The fourth-order valence-corrected chi connectivity index (χ4v) is 2.71. The van der Waals surface area contributed by atoms with Crippen LogP contribution in [0.4, 0.5) is 0 Å². The van der Waals surface area contributed by atoms with Gasteiger partial charge in [0.2, 0.25) is 0 Å². The highest BCUT2D eigenvalue weighted by Crippen LogP contribution is 2.37. The Hall–Kier alpha value is -0.860. The van der Waals surface area contributed by atoms with Gasteiger partial charge in [-0.2, -0.15) is 0 Å². The molecule has 2 N–H and O–H groups in total. The maximum Gasteiger partial charge on any atom is 0.0720 e. The van der Waals surface area contributed by atoms with E-state index in [1.165, 1.54) is 11.1 Å². The van der Waals surface area contributed by atoms with Crippen molar-refractivity contribution >= 4 is 0 Å². The quantitative estimate of drug-likeness (QED) is 0.702. The third kappa shape index (κ3) is 1.58. The molecule has 2 heteroatoms. The third-order valence-electron chi connectivity index (χ3n) is 3.84. The fraction of sp³-hybridized carbons (Fsp3) is 0.538. The molecule has 15 heavy (non-hydrogen) atoms. The van der Waals surface area contributed by atoms with Crippen LogP contribution < -0.4 is 5.73 Å². The van der Waals surface area contributed by atoms with Gasteiger partial charge < -0.3 is 10.5 Å². The van der Waals surface area contributed by atoms with Crippen molar-refractivity contribution in [3.05, 3.63) is 35.4 Å². The molecule has 1 fully saturated rings. The Labute approximate surface area is 90.4 Å². The molecule has 0 atom stereocenters. The van der Waals surface area contributed by atoms with Crippen molar-refractivity contribution < 1.29 is 4.74 Å². The Bertz CT molecular complexity index is 349. The van der Waals surface area contributed by atoms with E-state index in [1.807, 2.05) is 0 Å². The average molecular weight is 203 g/mol. The highest BCUT2D eigenvalue weighted by Gasteiger charge is 2.34. The van der Waals surface area contributed by atoms with Gasteiger partial charge in [-0.25, -0.2) is 0 Å². The molecular weight excluding hydrogens is 186 g/mol. The van der Waals surface area contributed by atoms with Gasteiger partial charge in [-0.05, 0) is 36.8 Å². The standard InChI is InChI=1S/C13H17NO/c14-13-7-5-12(6-8-13)15-9-10-1-3-11(13)4-2-10/h1-4,12H,5-9,14H2. The van der Waals surface area contributed by atoms with Crippen LogP contribution in [0.1, 0.15) is 36.8 Å². The zero-order valence-corrected chi connectivity index (χ0v) is 8.91. The van der Waals surface area contributed by atoms with E-state index in [1.54, 1.807) is 0 Å². The molecule has 1 saturated carbocycles. The third-order valence-corrected chi connectivity index (χ3v) is 3.84. The molecular formula is C13H17NO. The predicted molar refractivity (Wildman–Crippen MR) is 59.4 cm³/mol. The van der Waals surface area contributed by atoms with Gasteiger partial charge in [0.1, 0.15) is 0 Å². The van der Waals surface area contributed by atoms with Crippen molar-refractivity contribution in [3.63, 3.8) is 0 Å². The van der Waals surface area contributed by atoms with E-state index in [4.69, 9.17) is 10.5 Å². The van der Waals surface area contributed by atoms with Crippen molar-refractivity contribution in [1.82, 2.24) is 0 Å². The zero-order valence-electron chi connectivity index (χ0n) is 8.91. The second-order valence-corrected chi connectivity index (χ2v) is 4.86. The summed E-state index contributed by atoms with van der Waals surface area (Å²) in [7, 11) is 0. The number of rotatable bonds is 0. The van der Waals surface area contributed by atoms with Crippen LogP contribution >= 0.6 is 0 Å². The van der Waals surface area contributed by atoms with Crippen molar-refractivity contribution in [2.75, 3.05) is 0 Å². The number of hydrogen-bond donors (Lipinski definition) is 1. The van der Waals surface area contributed by atoms with Gasteiger partial charge in [0.15, 0.2) is 0 Å². The molecule has 0 radical (unpaired) electrons. The maximum atomic E-state index is 6.46. The summed E-state index contributed by atoms with van der Waals surface area (Å²) in [6.07, 6.45) is 4.74. The van der Waals surface area contributed by atoms with Crippen LogP contribution in [0.3, 0.4) is 0 Å². The molecule has 0 aromatic heterocycles. The van der Waals surface area contributed by atoms with Gasteiger partial charge >= 0.3 is 0 Å². The molecule has 2 nitrogen and oxygen atoms in total. The minimum atomic E-state index is -0.101. The van der Waals surface area contributed by atoms with E-state index < -0.39 is 0 Å². The molecule has 0 unspecified atom stereocenters. The van der Waals surface area contributed by atoms with Crippen LogP contribution in [0.15, 0.2) is 24.3 Å². The number of hydrogen-bond acceptors (Lipinski definition) is 2. The highest BCUT2D eigenvalue weighted by atomic mass is 16.5. The van der Waals surface area contributed by atoms with Crippen LogP contribution in [-0.4, -0.2) is 6.10 Å². The SMILES string of the molecule is NC12CCC(CC1)OCc1ccc2cc1. The van der Waals surface area contributed by atoms with Gasteiger partial charge in [0.25, 0.3) is 0 Å². The second-order valence-electron chi connectivity index (χ2n) is 4.86. The van der Waals surface area contributed by atoms with Gasteiger partial charge in [-0.3, -0.25) is 0 Å². The van der Waals surface area contributed by atoms with Gasteiger partial charge in [0.05, 0.1) is 12.7 Å². The molecule has 5 aliphatic rings. The summed E-state index contributed by atoms with van der Waals surface area (Å²) >= 11 is 0. The summed E-state index contributed by atoms with van der Waals surface area (Å²) in [6.45, 7) is 0.752. The summed E-state index contributed by atoms with van der Waals surface area (Å²) in [5, 5.41) is 0. The van der Waals surface area contributed by atoms with Crippen molar-refractivity contribution in [3.8, 4) is 0 Å². The monoisotopic (exact) mass is 203 g/mol. The van der Waals surface area contributed by atoms with E-state index in [9.17, 15) is 0 Å². The van der Waals surface area contributed by atoms with E-state index >= 15 is 0 Å². The molecule has 1 aromatic carbocycles. The Balaban J connectivity index is 2.06. The fourth-order valence-electron chi connectivity index (χ4n) is 2.71. The summed E-state index contributed by atoms with van der Waals surface area (Å²) in [4.78, 5) is 0. The lowest BCUT2D eigenvalue weighted by atomic mass is 9.76. The normalized spacial score (nSPS) is 34.3. The summed E-state index contributed by atoms with van der Waals surface area (Å²) in [6, 6.07) is 8.63. The van der Waals surface area contributed by atoms with Gasteiger partial charge in [-0.1, -0.05) is 24.3 Å². The lowest BCUT2D eigenvalue weighted by Gasteiger charge is -2.38. The van der Waals surface area contributed by atoms with Gasteiger partial charge in [0, 0.05) is 5.54 Å². The van der Waals surface area contributed by atoms with Crippen LogP contribution in [-0.2, 0) is 16.9 Å². The number of benzene rings is 1. The van der Waals surface area contributed by atoms with E-state index in [-0.39, 0.29) is 5.54 Å². The molecule has 0 amide bonds. The average Bonchev–Trinajstić information content (AvgIpc) is 2.30. The van der Waals surface area contributed by atoms with E-state index in [0.29, 0.717) is 6.10 Å². The highest BCUT2D eigenvalue weighted by molar-refractivity contribution is 5.29. The first-order valence-electron chi connectivity index (χ1n) is 5.76. The predicted octanol–water partition coefficient (Wildman–Crippen LogP) is 2.31. The molecule has 4 aliphatic heterocycles. The Morgan fingerprint density at radius 3 is 2.47 bits per heavy atom. The number of ether oxygens (including phenoxy) is 1. The summed E-state index contributed by atoms with van der Waals surface area (Å²) < 4.78 is 5.87. The van der Waals surface area contributed by atoms with Crippen molar-refractivity contribution in [2.24, 2.45) is 5.73 Å². The summed E-state index contributed by atoms with van der Waals surface area (Å²) in [5.74, 6) is 0. The van der Waals surface area contributed by atoms with Crippen molar-refractivity contribution in [1.29, 1.82) is 0 Å². The minimum absolute atomic E-state index is 0.101.